The summed E-state index contributed by atoms with van der Waals surface area (Å²) in [6, 6.07) is 4.52. The van der Waals surface area contributed by atoms with Crippen LogP contribution < -0.4 is 14.8 Å². The third kappa shape index (κ3) is 4.22. The first-order valence-corrected chi connectivity index (χ1v) is 11.9. The van der Waals surface area contributed by atoms with Crippen LogP contribution in [0.2, 0.25) is 0 Å². The first kappa shape index (κ1) is 21.9. The summed E-state index contributed by atoms with van der Waals surface area (Å²) in [5, 5.41) is 2.21. The Hall–Kier alpha value is -2.77. The lowest BCUT2D eigenvalue weighted by Crippen LogP contribution is -2.36. The molecule has 0 saturated carbocycles. The van der Waals surface area contributed by atoms with Crippen LogP contribution in [0.4, 0.5) is 10.7 Å². The van der Waals surface area contributed by atoms with E-state index in [2.05, 4.69) is 15.3 Å². The van der Waals surface area contributed by atoms with Crippen molar-refractivity contribution in [1.29, 1.82) is 0 Å². The van der Waals surface area contributed by atoms with Crippen molar-refractivity contribution in [3.05, 3.63) is 35.5 Å². The number of methoxy groups -OCH3 is 1. The van der Waals surface area contributed by atoms with E-state index in [9.17, 15) is 21.6 Å². The maximum atomic E-state index is 12.8. The molecule has 0 bridgehead atoms. The highest BCUT2D eigenvalue weighted by atomic mass is 32.2. The maximum Gasteiger partial charge on any atom is 0.335 e. The van der Waals surface area contributed by atoms with Crippen molar-refractivity contribution < 1.29 is 26.4 Å². The molecule has 0 atom stereocenters. The fourth-order valence-corrected chi connectivity index (χ4v) is 6.51. The van der Waals surface area contributed by atoms with Crippen molar-refractivity contribution in [2.75, 3.05) is 19.0 Å². The molecule has 2 amide bonds. The van der Waals surface area contributed by atoms with Crippen LogP contribution in [0, 0.1) is 6.92 Å². The Balaban J connectivity index is 1.89. The quantitative estimate of drug-likeness (QED) is 0.661. The Morgan fingerprint density at radius 2 is 2.03 bits per heavy atom. The molecule has 0 spiro atoms. The number of fused-ring (bicyclic) bond motifs is 1. The van der Waals surface area contributed by atoms with E-state index in [0.29, 0.717) is 17.7 Å². The van der Waals surface area contributed by atoms with Gasteiger partial charge in [-0.15, -0.1) is 0 Å². The number of benzene rings is 1. The Labute approximate surface area is 174 Å². The number of hydrogen-bond acceptors (Lipinski definition) is 8. The number of hydrogen-bond donors (Lipinski definition) is 2. The zero-order valence-corrected chi connectivity index (χ0v) is 18.2. The van der Waals surface area contributed by atoms with E-state index in [1.165, 1.54) is 23.5 Å². The van der Waals surface area contributed by atoms with Crippen molar-refractivity contribution in [1.82, 2.24) is 19.0 Å². The lowest BCUT2D eigenvalue weighted by molar-refractivity contribution is 0.256. The maximum absolute atomic E-state index is 12.8. The van der Waals surface area contributed by atoms with Crippen LogP contribution >= 0.6 is 0 Å². The number of carbonyl (C=O) groups is 1. The van der Waals surface area contributed by atoms with Crippen LogP contribution in [-0.4, -0.2) is 50.8 Å². The summed E-state index contributed by atoms with van der Waals surface area (Å²) < 4.78 is 59.3. The normalized spacial score (nSPS) is 15.4. The van der Waals surface area contributed by atoms with Gasteiger partial charge in [-0.3, -0.25) is 5.32 Å². The average molecular weight is 456 g/mol. The molecular weight excluding hydrogens is 434 g/mol. The van der Waals surface area contributed by atoms with Crippen molar-refractivity contribution in [2.45, 2.75) is 36.6 Å². The molecule has 162 valence electrons. The summed E-state index contributed by atoms with van der Waals surface area (Å²) in [7, 11) is -7.10. The Morgan fingerprint density at radius 3 is 2.70 bits per heavy atom. The fourth-order valence-electron chi connectivity index (χ4n) is 3.05. The van der Waals surface area contributed by atoms with Gasteiger partial charge in [-0.05, 0) is 25.0 Å². The SMILES string of the molecule is CCCN1Cc2cccc(S(=O)(=O)NC(=O)Nc3nc(C)cc(OC)n3)c2S1(=O)=O. The van der Waals surface area contributed by atoms with Gasteiger partial charge in [0.2, 0.25) is 21.9 Å². The van der Waals surface area contributed by atoms with Crippen molar-refractivity contribution in [3.8, 4) is 5.88 Å². The van der Waals surface area contributed by atoms with Gasteiger partial charge in [0.1, 0.15) is 9.79 Å². The van der Waals surface area contributed by atoms with Crippen molar-refractivity contribution in [2.24, 2.45) is 0 Å². The number of sulfonamides is 2. The third-order valence-electron chi connectivity index (χ3n) is 4.26. The monoisotopic (exact) mass is 455 g/mol. The van der Waals surface area contributed by atoms with Crippen molar-refractivity contribution >= 4 is 32.0 Å². The molecule has 0 radical (unpaired) electrons. The van der Waals surface area contributed by atoms with Crippen LogP contribution in [0.3, 0.4) is 0 Å². The molecule has 11 nitrogen and oxygen atoms in total. The first-order chi connectivity index (χ1) is 14.1. The van der Waals surface area contributed by atoms with E-state index < -0.39 is 31.0 Å². The number of aromatic nitrogens is 2. The third-order valence-corrected chi connectivity index (χ3v) is 7.75. The molecular formula is C17H21N5O6S2. The number of aryl methyl sites for hydroxylation is 1. The topological polar surface area (TPSA) is 148 Å². The van der Waals surface area contributed by atoms with Crippen LogP contribution in [0.5, 0.6) is 5.88 Å². The average Bonchev–Trinajstić information content (AvgIpc) is 2.91. The second-order valence-electron chi connectivity index (χ2n) is 6.52. The minimum absolute atomic E-state index is 0.0813. The van der Waals surface area contributed by atoms with Gasteiger partial charge in [-0.25, -0.2) is 31.3 Å². The van der Waals surface area contributed by atoms with Crippen LogP contribution in [0.25, 0.3) is 0 Å². The van der Waals surface area contributed by atoms with Gasteiger partial charge >= 0.3 is 6.03 Å². The molecule has 1 aliphatic heterocycles. The summed E-state index contributed by atoms with van der Waals surface area (Å²) in [6.07, 6.45) is 0.579. The van der Waals surface area contributed by atoms with Gasteiger partial charge in [0.15, 0.2) is 0 Å². The van der Waals surface area contributed by atoms with Gasteiger partial charge in [0.05, 0.1) is 7.11 Å². The number of amides is 2. The molecule has 13 heteroatoms. The first-order valence-electron chi connectivity index (χ1n) is 8.94. The van der Waals surface area contributed by atoms with Crippen molar-refractivity contribution in [3.63, 3.8) is 0 Å². The predicted octanol–water partition coefficient (Wildman–Crippen LogP) is 1.22. The Kier molecular flexibility index (Phi) is 5.97. The number of ether oxygens (including phenoxy) is 1. The van der Waals surface area contributed by atoms with Crippen LogP contribution in [0.1, 0.15) is 24.6 Å². The number of anilines is 1. The molecule has 1 aromatic carbocycles. The smallest absolute Gasteiger partial charge is 0.335 e. The number of nitrogens with one attached hydrogen (secondary N) is 2. The highest BCUT2D eigenvalue weighted by Gasteiger charge is 2.39. The highest BCUT2D eigenvalue weighted by molar-refractivity contribution is 7.93. The van der Waals surface area contributed by atoms with Gasteiger partial charge in [-0.1, -0.05) is 19.1 Å². The zero-order valence-electron chi connectivity index (χ0n) is 16.5. The summed E-state index contributed by atoms with van der Waals surface area (Å²) >= 11 is 0. The molecule has 30 heavy (non-hydrogen) atoms. The van der Waals surface area contributed by atoms with Gasteiger partial charge in [-0.2, -0.15) is 9.29 Å². The summed E-state index contributed by atoms with van der Waals surface area (Å²) in [4.78, 5) is 19.3. The van der Waals surface area contributed by atoms with Crippen LogP contribution in [0.15, 0.2) is 34.1 Å². The molecule has 0 unspecified atom stereocenters. The van der Waals surface area contributed by atoms with E-state index in [4.69, 9.17) is 4.74 Å². The summed E-state index contributed by atoms with van der Waals surface area (Å²) in [6.45, 7) is 3.81. The van der Waals surface area contributed by atoms with E-state index in [1.54, 1.807) is 13.0 Å². The minimum Gasteiger partial charge on any atom is -0.481 e. The largest absolute Gasteiger partial charge is 0.481 e. The minimum atomic E-state index is -4.49. The standard InChI is InChI=1S/C17H21N5O6S2/c1-4-8-22-10-12-6-5-7-13(15(12)30(22,26)27)29(24,25)21-17(23)20-16-18-11(2)9-14(19-16)28-3/h5-7,9H,4,8,10H2,1-3H3,(H2,18,19,20,21,23). The molecule has 1 aliphatic rings. The molecule has 0 aliphatic carbocycles. The summed E-state index contributed by atoms with van der Waals surface area (Å²) in [5.41, 5.74) is 0.849. The Bertz CT molecular complexity index is 1200. The number of urea groups is 1. The predicted molar refractivity (Wildman–Crippen MR) is 107 cm³/mol. The lowest BCUT2D eigenvalue weighted by atomic mass is 10.2. The van der Waals surface area contributed by atoms with E-state index in [0.717, 1.165) is 6.07 Å². The summed E-state index contributed by atoms with van der Waals surface area (Å²) in [5.74, 6) is 0.0169. The molecule has 0 saturated heterocycles. The molecule has 2 heterocycles. The van der Waals surface area contributed by atoms with E-state index in [1.807, 2.05) is 11.6 Å². The van der Waals surface area contributed by atoms with Gasteiger partial charge < -0.3 is 4.74 Å². The number of rotatable bonds is 6. The molecule has 3 rings (SSSR count). The van der Waals surface area contributed by atoms with Gasteiger partial charge in [0.25, 0.3) is 10.0 Å². The zero-order chi connectivity index (χ0) is 22.1. The molecule has 2 N–H and O–H groups in total. The lowest BCUT2D eigenvalue weighted by Gasteiger charge is -2.14. The Morgan fingerprint density at radius 1 is 1.30 bits per heavy atom. The second kappa shape index (κ2) is 8.16. The van der Waals surface area contributed by atoms with E-state index >= 15 is 0 Å². The second-order valence-corrected chi connectivity index (χ2v) is 10.0. The van der Waals surface area contributed by atoms with Crippen LogP contribution in [-0.2, 0) is 26.6 Å². The van der Waals surface area contributed by atoms with E-state index in [-0.39, 0.29) is 29.8 Å². The van der Waals surface area contributed by atoms with Gasteiger partial charge in [0, 0.05) is 24.8 Å². The fraction of sp³-hybridized carbons (Fsp3) is 0.353. The molecule has 1 aromatic heterocycles. The number of carbonyl (C=O) groups excluding carboxylic acids is 1. The highest BCUT2D eigenvalue weighted by Crippen LogP contribution is 2.35. The molecule has 2 aromatic rings. The number of nitrogens with zero attached hydrogens (tertiary/aromatic N) is 3. The molecule has 0 fully saturated rings.